The topological polar surface area (TPSA) is 38.7 Å². The summed E-state index contributed by atoms with van der Waals surface area (Å²) in [5.74, 6) is 1.92. The van der Waals surface area contributed by atoms with E-state index in [1.54, 1.807) is 0 Å². The third-order valence-corrected chi connectivity index (χ3v) is 13.4. The second-order valence-corrected chi connectivity index (χ2v) is 17.1. The SMILES string of the molecule is CC1(C)c2ccccc2C2(c3ccccc3-c3cccc(-c4ccc(-c5nc(-c6ccccc6)nc(-c6ccc(-c7ccccc7)c7ccccc67)n5)cc4)c32)c2ccccc21. The summed E-state index contributed by atoms with van der Waals surface area (Å²) in [5, 5.41) is 2.26. The van der Waals surface area contributed by atoms with E-state index in [4.69, 9.17) is 15.0 Å². The van der Waals surface area contributed by atoms with Crippen molar-refractivity contribution in [2.75, 3.05) is 0 Å². The van der Waals surface area contributed by atoms with E-state index in [-0.39, 0.29) is 5.41 Å². The molecule has 0 N–H and O–H groups in total. The molecule has 1 aromatic heterocycles. The van der Waals surface area contributed by atoms with E-state index < -0.39 is 5.41 Å². The van der Waals surface area contributed by atoms with Gasteiger partial charge in [0, 0.05) is 22.1 Å². The maximum absolute atomic E-state index is 5.25. The minimum Gasteiger partial charge on any atom is -0.208 e. The number of hydrogen-bond donors (Lipinski definition) is 0. The van der Waals surface area contributed by atoms with Gasteiger partial charge in [-0.25, -0.2) is 15.0 Å². The smallest absolute Gasteiger partial charge is 0.164 e. The third kappa shape index (κ3) is 5.28. The van der Waals surface area contributed by atoms with E-state index in [2.05, 4.69) is 208 Å². The summed E-state index contributed by atoms with van der Waals surface area (Å²) < 4.78 is 0. The summed E-state index contributed by atoms with van der Waals surface area (Å²) in [6.45, 7) is 4.75. The van der Waals surface area contributed by atoms with Crippen LogP contribution in [0.2, 0.25) is 0 Å². The van der Waals surface area contributed by atoms with Crippen LogP contribution in [0.4, 0.5) is 0 Å². The standard InChI is InChI=1S/C59H41N3/c1-58(2)50-28-13-15-30-52(50)59(53-31-16-14-29-51(53)58)49-27-12-11-24-46(49)47-26-17-25-43(54(47)59)39-32-34-41(35-33-39)56-60-55(40-20-7-4-8-21-40)61-57(62-56)48-37-36-42(38-18-5-3-6-19-38)44-22-9-10-23-45(44)48/h3-37H,1-2H3. The van der Waals surface area contributed by atoms with Crippen LogP contribution in [0.15, 0.2) is 212 Å². The Morgan fingerprint density at radius 3 is 1.34 bits per heavy atom. The molecule has 0 radical (unpaired) electrons. The summed E-state index contributed by atoms with van der Waals surface area (Å²) in [4.78, 5) is 15.5. The molecular formula is C59H41N3. The molecule has 2 aliphatic carbocycles. The van der Waals surface area contributed by atoms with Gasteiger partial charge in [-0.15, -0.1) is 0 Å². The molecule has 0 saturated heterocycles. The van der Waals surface area contributed by atoms with E-state index in [0.29, 0.717) is 17.5 Å². The van der Waals surface area contributed by atoms with Gasteiger partial charge in [-0.2, -0.15) is 0 Å². The molecule has 62 heavy (non-hydrogen) atoms. The molecule has 1 spiro atoms. The van der Waals surface area contributed by atoms with Gasteiger partial charge in [0.2, 0.25) is 0 Å². The van der Waals surface area contributed by atoms with Crippen LogP contribution in [-0.4, -0.2) is 15.0 Å². The maximum atomic E-state index is 5.25. The zero-order chi connectivity index (χ0) is 41.4. The van der Waals surface area contributed by atoms with E-state index >= 15 is 0 Å². The molecule has 3 nitrogen and oxygen atoms in total. The first kappa shape index (κ1) is 36.1. The van der Waals surface area contributed by atoms with Gasteiger partial charge >= 0.3 is 0 Å². The van der Waals surface area contributed by atoms with Crippen molar-refractivity contribution in [2.24, 2.45) is 0 Å². The molecule has 10 aromatic rings. The van der Waals surface area contributed by atoms with Gasteiger partial charge in [0.05, 0.1) is 5.41 Å². The Bertz CT molecular complexity index is 3320. The van der Waals surface area contributed by atoms with E-state index in [1.807, 2.05) is 18.2 Å². The first-order valence-electron chi connectivity index (χ1n) is 21.4. The quantitative estimate of drug-likeness (QED) is 0.174. The number of hydrogen-bond acceptors (Lipinski definition) is 3. The molecule has 1 heterocycles. The van der Waals surface area contributed by atoms with Crippen molar-refractivity contribution >= 4 is 10.8 Å². The van der Waals surface area contributed by atoms with Crippen LogP contribution in [0, 0.1) is 0 Å². The van der Waals surface area contributed by atoms with Crippen LogP contribution in [0.25, 0.3) is 78.3 Å². The Kier molecular flexibility index (Phi) is 8.10. The number of nitrogens with zero attached hydrogens (tertiary/aromatic N) is 3. The van der Waals surface area contributed by atoms with E-state index in [9.17, 15) is 0 Å². The molecule has 0 saturated carbocycles. The lowest BCUT2D eigenvalue weighted by Gasteiger charge is -2.47. The van der Waals surface area contributed by atoms with Crippen molar-refractivity contribution < 1.29 is 0 Å². The number of aromatic nitrogens is 3. The van der Waals surface area contributed by atoms with Gasteiger partial charge < -0.3 is 0 Å². The first-order chi connectivity index (χ1) is 30.5. The molecule has 0 fully saturated rings. The normalized spacial score (nSPS) is 13.9. The molecule has 9 aromatic carbocycles. The van der Waals surface area contributed by atoms with Crippen LogP contribution >= 0.6 is 0 Å². The van der Waals surface area contributed by atoms with Crippen molar-refractivity contribution in [3.63, 3.8) is 0 Å². The van der Waals surface area contributed by atoms with Crippen molar-refractivity contribution in [2.45, 2.75) is 24.7 Å². The lowest BCUT2D eigenvalue weighted by atomic mass is 9.55. The second-order valence-electron chi connectivity index (χ2n) is 17.1. The monoisotopic (exact) mass is 791 g/mol. The van der Waals surface area contributed by atoms with Crippen LogP contribution in [0.1, 0.15) is 47.2 Å². The third-order valence-electron chi connectivity index (χ3n) is 13.4. The Labute approximate surface area is 362 Å². The van der Waals surface area contributed by atoms with Crippen molar-refractivity contribution in [3.8, 4) is 67.5 Å². The lowest BCUT2D eigenvalue weighted by molar-refractivity contribution is 0.563. The first-order valence-corrected chi connectivity index (χ1v) is 21.4. The van der Waals surface area contributed by atoms with Crippen LogP contribution in [0.3, 0.4) is 0 Å². The van der Waals surface area contributed by atoms with Crippen LogP contribution in [-0.2, 0) is 10.8 Å². The average molecular weight is 792 g/mol. The predicted molar refractivity (Wildman–Crippen MR) is 254 cm³/mol. The highest BCUT2D eigenvalue weighted by Gasteiger charge is 2.54. The molecule has 0 amide bonds. The van der Waals surface area contributed by atoms with Gasteiger partial charge in [-0.1, -0.05) is 220 Å². The minimum absolute atomic E-state index is 0.162. The highest BCUT2D eigenvalue weighted by atomic mass is 15.0. The second kappa shape index (κ2) is 13.9. The minimum atomic E-state index is -0.490. The highest BCUT2D eigenvalue weighted by Crippen LogP contribution is 2.63. The molecule has 2 aliphatic rings. The average Bonchev–Trinajstić information content (AvgIpc) is 3.64. The maximum Gasteiger partial charge on any atom is 0.164 e. The van der Waals surface area contributed by atoms with Crippen molar-refractivity contribution in [1.82, 2.24) is 15.0 Å². The molecule has 0 atom stereocenters. The Morgan fingerprint density at radius 2 is 0.694 bits per heavy atom. The molecule has 12 rings (SSSR count). The van der Waals surface area contributed by atoms with Gasteiger partial charge in [-0.05, 0) is 83.6 Å². The molecule has 292 valence electrons. The zero-order valence-electron chi connectivity index (χ0n) is 34.5. The highest BCUT2D eigenvalue weighted by molar-refractivity contribution is 6.04. The number of benzene rings is 9. The van der Waals surface area contributed by atoms with Crippen LogP contribution < -0.4 is 0 Å². The van der Waals surface area contributed by atoms with Gasteiger partial charge in [0.1, 0.15) is 0 Å². The van der Waals surface area contributed by atoms with Gasteiger partial charge in [0.25, 0.3) is 0 Å². The fourth-order valence-corrected chi connectivity index (χ4v) is 10.7. The number of rotatable bonds is 5. The molecular weight excluding hydrogens is 751 g/mol. The van der Waals surface area contributed by atoms with E-state index in [1.165, 1.54) is 61.2 Å². The molecule has 0 unspecified atom stereocenters. The van der Waals surface area contributed by atoms with Crippen LogP contribution in [0.5, 0.6) is 0 Å². The van der Waals surface area contributed by atoms with E-state index in [0.717, 1.165) is 33.0 Å². The van der Waals surface area contributed by atoms with Crippen molar-refractivity contribution in [1.29, 1.82) is 0 Å². The van der Waals surface area contributed by atoms with Gasteiger partial charge in [-0.3, -0.25) is 0 Å². The molecule has 3 heteroatoms. The fourth-order valence-electron chi connectivity index (χ4n) is 10.7. The van der Waals surface area contributed by atoms with Gasteiger partial charge in [0.15, 0.2) is 17.5 Å². The summed E-state index contributed by atoms with van der Waals surface area (Å²) in [6.07, 6.45) is 0. The summed E-state index contributed by atoms with van der Waals surface area (Å²) >= 11 is 0. The Hall–Kier alpha value is -7.75. The number of fused-ring (bicyclic) bond motifs is 10. The van der Waals surface area contributed by atoms with Crippen molar-refractivity contribution in [3.05, 3.63) is 246 Å². The summed E-state index contributed by atoms with van der Waals surface area (Å²) in [7, 11) is 0. The Balaban J connectivity index is 1.03. The lowest BCUT2D eigenvalue weighted by Crippen LogP contribution is -2.40. The molecule has 0 aliphatic heterocycles. The molecule has 0 bridgehead atoms. The Morgan fingerprint density at radius 1 is 0.274 bits per heavy atom. The largest absolute Gasteiger partial charge is 0.208 e. The fraction of sp³-hybridized carbons (Fsp3) is 0.0678. The predicted octanol–water partition coefficient (Wildman–Crippen LogP) is 14.4. The zero-order valence-corrected chi connectivity index (χ0v) is 34.5. The summed E-state index contributed by atoms with van der Waals surface area (Å²) in [6, 6.07) is 76.7. The summed E-state index contributed by atoms with van der Waals surface area (Å²) in [5.41, 5.74) is 17.6.